The number of anilines is 1. The van der Waals surface area contributed by atoms with Crippen LogP contribution in [0.2, 0.25) is 5.02 Å². The molecule has 1 aromatic carbocycles. The van der Waals surface area contributed by atoms with Gasteiger partial charge in [0.25, 0.3) is 5.56 Å². The number of benzene rings is 1. The average molecular weight is 495 g/mol. The van der Waals surface area contributed by atoms with Crippen molar-refractivity contribution in [2.45, 2.75) is 31.7 Å². The molecule has 7 nitrogen and oxygen atoms in total. The smallest absolute Gasteiger partial charge is 0.259 e. The Morgan fingerprint density at radius 2 is 2.06 bits per heavy atom. The Morgan fingerprint density at radius 1 is 1.26 bits per heavy atom. The molecule has 2 fully saturated rings. The molecule has 0 bridgehead atoms. The lowest BCUT2D eigenvalue weighted by atomic mass is 9.60. The second kappa shape index (κ2) is 8.31. The van der Waals surface area contributed by atoms with Gasteiger partial charge in [-0.2, -0.15) is 0 Å². The normalized spacial score (nSPS) is 17.7. The molecule has 0 atom stereocenters. The molecule has 6 rings (SSSR count). The Kier molecular flexibility index (Phi) is 5.34. The highest BCUT2D eigenvalue weighted by atomic mass is 35.5. The van der Waals surface area contributed by atoms with Gasteiger partial charge in [-0.25, -0.2) is 4.39 Å². The van der Waals surface area contributed by atoms with E-state index in [1.54, 1.807) is 28.3 Å². The first-order valence-corrected chi connectivity index (χ1v) is 12.4. The number of pyridine rings is 2. The van der Waals surface area contributed by atoms with E-state index in [9.17, 15) is 9.18 Å². The molecule has 1 saturated carbocycles. The Hall–Kier alpha value is -2.97. The fourth-order valence-electron chi connectivity index (χ4n) is 6.00. The van der Waals surface area contributed by atoms with Crippen LogP contribution in [0.4, 0.5) is 10.1 Å². The van der Waals surface area contributed by atoms with Gasteiger partial charge in [0, 0.05) is 56.7 Å². The number of fused-ring (bicyclic) bond motifs is 2. The molecule has 1 aliphatic carbocycles. The van der Waals surface area contributed by atoms with Gasteiger partial charge in [-0.3, -0.25) is 9.20 Å². The van der Waals surface area contributed by atoms with E-state index in [-0.39, 0.29) is 11.4 Å². The summed E-state index contributed by atoms with van der Waals surface area (Å²) in [4.78, 5) is 17.4. The van der Waals surface area contributed by atoms with Crippen molar-refractivity contribution in [2.24, 2.45) is 12.5 Å². The van der Waals surface area contributed by atoms with Gasteiger partial charge in [0.15, 0.2) is 5.65 Å². The van der Waals surface area contributed by atoms with Gasteiger partial charge in [-0.15, -0.1) is 10.2 Å². The largest absolute Gasteiger partial charge is 0.371 e. The van der Waals surface area contributed by atoms with E-state index in [1.807, 2.05) is 18.2 Å². The first kappa shape index (κ1) is 22.5. The van der Waals surface area contributed by atoms with E-state index in [2.05, 4.69) is 27.0 Å². The molecule has 0 unspecified atom stereocenters. The lowest BCUT2D eigenvalue weighted by molar-refractivity contribution is -0.0714. The minimum absolute atomic E-state index is 0.0660. The van der Waals surface area contributed by atoms with Crippen LogP contribution >= 0.6 is 11.6 Å². The highest BCUT2D eigenvalue weighted by Crippen LogP contribution is 2.51. The lowest BCUT2D eigenvalue weighted by Crippen LogP contribution is -2.66. The zero-order valence-corrected chi connectivity index (χ0v) is 20.7. The SMILES string of the molecule is CN(c1ccc(Cl)c2c(=O)n(C)ccc12)C1CC2(C1)CN(CCCc1cc3nncn3cc1F)C2. The number of aromatic nitrogens is 4. The molecule has 2 aliphatic rings. The molecular weight excluding hydrogens is 467 g/mol. The second-order valence-corrected chi connectivity index (χ2v) is 10.7. The molecule has 9 heteroatoms. The Bertz CT molecular complexity index is 1480. The third kappa shape index (κ3) is 3.79. The topological polar surface area (TPSA) is 58.7 Å². The molecule has 0 amide bonds. The van der Waals surface area contributed by atoms with Crippen LogP contribution in [0.15, 0.2) is 47.8 Å². The van der Waals surface area contributed by atoms with Gasteiger partial charge < -0.3 is 14.4 Å². The van der Waals surface area contributed by atoms with E-state index in [1.165, 1.54) is 12.5 Å². The summed E-state index contributed by atoms with van der Waals surface area (Å²) in [5, 5.41) is 9.83. The summed E-state index contributed by atoms with van der Waals surface area (Å²) < 4.78 is 17.5. The molecule has 1 saturated heterocycles. The van der Waals surface area contributed by atoms with Crippen molar-refractivity contribution in [3.8, 4) is 0 Å². The van der Waals surface area contributed by atoms with Crippen LogP contribution in [0.5, 0.6) is 0 Å². The van der Waals surface area contributed by atoms with Crippen LogP contribution in [0, 0.1) is 11.2 Å². The number of aryl methyl sites for hydroxylation is 2. The monoisotopic (exact) mass is 494 g/mol. The minimum atomic E-state index is -0.199. The predicted molar refractivity (Wildman–Crippen MR) is 136 cm³/mol. The maximum Gasteiger partial charge on any atom is 0.259 e. The minimum Gasteiger partial charge on any atom is -0.371 e. The summed E-state index contributed by atoms with van der Waals surface area (Å²) in [6.45, 7) is 3.18. The van der Waals surface area contributed by atoms with Crippen LogP contribution in [0.1, 0.15) is 24.8 Å². The zero-order chi connectivity index (χ0) is 24.3. The van der Waals surface area contributed by atoms with E-state index >= 15 is 0 Å². The Balaban J connectivity index is 1.04. The van der Waals surface area contributed by atoms with E-state index in [0.29, 0.717) is 39.5 Å². The molecule has 35 heavy (non-hydrogen) atoms. The van der Waals surface area contributed by atoms with Crippen molar-refractivity contribution >= 4 is 33.7 Å². The second-order valence-electron chi connectivity index (χ2n) is 10.3. The molecular formula is C26H28ClFN6O. The van der Waals surface area contributed by atoms with Gasteiger partial charge >= 0.3 is 0 Å². The van der Waals surface area contributed by atoms with Crippen molar-refractivity contribution in [3.05, 3.63) is 69.7 Å². The van der Waals surface area contributed by atoms with Gasteiger partial charge in [-0.1, -0.05) is 11.6 Å². The summed E-state index contributed by atoms with van der Waals surface area (Å²) in [5.74, 6) is -0.199. The van der Waals surface area contributed by atoms with E-state index < -0.39 is 0 Å². The van der Waals surface area contributed by atoms with Crippen molar-refractivity contribution in [2.75, 3.05) is 31.6 Å². The summed E-state index contributed by atoms with van der Waals surface area (Å²) >= 11 is 6.38. The first-order chi connectivity index (χ1) is 16.8. The number of hydrogen-bond acceptors (Lipinski definition) is 5. The van der Waals surface area contributed by atoms with Crippen LogP contribution in [0.3, 0.4) is 0 Å². The van der Waals surface area contributed by atoms with Gasteiger partial charge in [0.05, 0.1) is 10.4 Å². The maximum atomic E-state index is 14.3. The van der Waals surface area contributed by atoms with Crippen molar-refractivity contribution < 1.29 is 4.39 Å². The average Bonchev–Trinajstić information content (AvgIpc) is 3.23. The number of halogens is 2. The number of nitrogens with zero attached hydrogens (tertiary/aromatic N) is 6. The van der Waals surface area contributed by atoms with Crippen molar-refractivity contribution in [1.29, 1.82) is 0 Å². The Labute approximate surface area is 207 Å². The van der Waals surface area contributed by atoms with Crippen LogP contribution in [-0.2, 0) is 13.5 Å². The molecule has 0 radical (unpaired) electrons. The molecule has 4 heterocycles. The quantitative estimate of drug-likeness (QED) is 0.407. The highest BCUT2D eigenvalue weighted by molar-refractivity contribution is 6.36. The lowest BCUT2D eigenvalue weighted by Gasteiger charge is -2.61. The highest BCUT2D eigenvalue weighted by Gasteiger charge is 2.53. The molecule has 182 valence electrons. The van der Waals surface area contributed by atoms with Crippen molar-refractivity contribution in [1.82, 2.24) is 24.1 Å². The van der Waals surface area contributed by atoms with Crippen LogP contribution < -0.4 is 10.5 Å². The number of rotatable bonds is 6. The van der Waals surface area contributed by atoms with Gasteiger partial charge in [-0.05, 0) is 67.5 Å². The van der Waals surface area contributed by atoms with Crippen LogP contribution in [0.25, 0.3) is 16.4 Å². The molecule has 0 N–H and O–H groups in total. The summed E-state index contributed by atoms with van der Waals surface area (Å²) in [7, 11) is 3.87. The first-order valence-electron chi connectivity index (χ1n) is 12.0. The van der Waals surface area contributed by atoms with Gasteiger partial charge in [0.2, 0.25) is 0 Å². The third-order valence-electron chi connectivity index (χ3n) is 7.94. The van der Waals surface area contributed by atoms with E-state index in [4.69, 9.17) is 11.6 Å². The summed E-state index contributed by atoms with van der Waals surface area (Å²) in [6.07, 6.45) is 8.69. The maximum absolute atomic E-state index is 14.3. The number of likely N-dealkylation sites (tertiary alicyclic amines) is 1. The molecule has 4 aromatic rings. The zero-order valence-electron chi connectivity index (χ0n) is 19.9. The predicted octanol–water partition coefficient (Wildman–Crippen LogP) is 3.91. The fraction of sp³-hybridized carbons (Fsp3) is 0.423. The molecule has 1 spiro atoms. The number of hydrogen-bond donors (Lipinski definition) is 0. The van der Waals surface area contributed by atoms with E-state index in [0.717, 1.165) is 50.0 Å². The summed E-state index contributed by atoms with van der Waals surface area (Å²) in [6, 6.07) is 8.09. The van der Waals surface area contributed by atoms with Gasteiger partial charge in [0.1, 0.15) is 12.1 Å². The fourth-order valence-corrected chi connectivity index (χ4v) is 6.25. The standard InChI is InChI=1S/C26H28ClFN6O/c1-31-9-7-19-22(6-5-20(27)24(19)25(31)35)32(2)18-11-26(12-18)14-33(15-26)8-3-4-17-10-23-30-29-16-34(23)13-21(17)28/h5-7,9-10,13,16,18H,3-4,8,11-12,14-15H2,1-2H3. The van der Waals surface area contributed by atoms with Crippen LogP contribution in [-0.4, -0.2) is 56.8 Å². The summed E-state index contributed by atoms with van der Waals surface area (Å²) in [5.41, 5.74) is 2.77. The van der Waals surface area contributed by atoms with Crippen molar-refractivity contribution in [3.63, 3.8) is 0 Å². The molecule has 3 aromatic heterocycles. The molecule has 1 aliphatic heterocycles. The Morgan fingerprint density at radius 3 is 2.86 bits per heavy atom. The third-order valence-corrected chi connectivity index (χ3v) is 8.25.